The zero-order valence-electron chi connectivity index (χ0n) is 10.7. The highest BCUT2D eigenvalue weighted by molar-refractivity contribution is 5.68. The number of halogens is 1. The standard InChI is InChI=1S/C14H14FN3O2/c15-12-5-10(11(6-14(19)20)9-1-2-9)3-4-13(12)18-8-16-7-17-18/h3-5,7-9,11H,1-2,6H2,(H,19,20). The molecule has 0 amide bonds. The first-order valence-electron chi connectivity index (χ1n) is 6.51. The molecule has 1 unspecified atom stereocenters. The van der Waals surface area contributed by atoms with Crippen molar-refractivity contribution in [1.82, 2.24) is 14.8 Å². The van der Waals surface area contributed by atoms with Gasteiger partial charge >= 0.3 is 5.97 Å². The summed E-state index contributed by atoms with van der Waals surface area (Å²) in [4.78, 5) is 14.7. The van der Waals surface area contributed by atoms with Crippen molar-refractivity contribution in [2.45, 2.75) is 25.2 Å². The van der Waals surface area contributed by atoms with Crippen molar-refractivity contribution in [3.05, 3.63) is 42.2 Å². The molecule has 0 aliphatic heterocycles. The third kappa shape index (κ3) is 2.54. The van der Waals surface area contributed by atoms with Crippen LogP contribution in [0.4, 0.5) is 4.39 Å². The molecular formula is C14H14FN3O2. The van der Waals surface area contributed by atoms with Crippen LogP contribution in [-0.2, 0) is 4.79 Å². The smallest absolute Gasteiger partial charge is 0.303 e. The summed E-state index contributed by atoms with van der Waals surface area (Å²) in [6.45, 7) is 0. The average Bonchev–Trinajstić information content (AvgIpc) is 3.11. The Morgan fingerprint density at radius 3 is 2.85 bits per heavy atom. The van der Waals surface area contributed by atoms with Crippen LogP contribution in [0.1, 0.15) is 30.7 Å². The molecule has 1 fully saturated rings. The zero-order chi connectivity index (χ0) is 14.1. The highest BCUT2D eigenvalue weighted by Gasteiger charge is 2.34. The molecule has 3 rings (SSSR count). The van der Waals surface area contributed by atoms with Gasteiger partial charge in [-0.3, -0.25) is 4.79 Å². The summed E-state index contributed by atoms with van der Waals surface area (Å²) in [6.07, 6.45) is 4.85. The van der Waals surface area contributed by atoms with E-state index >= 15 is 0 Å². The van der Waals surface area contributed by atoms with Crippen molar-refractivity contribution < 1.29 is 14.3 Å². The minimum absolute atomic E-state index is 0.0484. The number of benzene rings is 1. The molecule has 1 aromatic carbocycles. The molecule has 1 N–H and O–H groups in total. The number of rotatable bonds is 5. The average molecular weight is 275 g/mol. The number of aromatic nitrogens is 3. The summed E-state index contributed by atoms with van der Waals surface area (Å²) in [6, 6.07) is 4.82. The van der Waals surface area contributed by atoms with Crippen LogP contribution in [0.25, 0.3) is 5.69 Å². The van der Waals surface area contributed by atoms with Gasteiger partial charge < -0.3 is 5.11 Å². The first-order valence-corrected chi connectivity index (χ1v) is 6.51. The maximum absolute atomic E-state index is 14.2. The Bertz CT molecular complexity index is 623. The largest absolute Gasteiger partial charge is 0.481 e. The highest BCUT2D eigenvalue weighted by atomic mass is 19.1. The second-order valence-corrected chi connectivity index (χ2v) is 5.09. The number of hydrogen-bond acceptors (Lipinski definition) is 3. The third-order valence-corrected chi connectivity index (χ3v) is 3.65. The van der Waals surface area contributed by atoms with Crippen LogP contribution < -0.4 is 0 Å². The molecule has 1 atom stereocenters. The fraction of sp³-hybridized carbons (Fsp3) is 0.357. The molecule has 6 heteroatoms. The molecular weight excluding hydrogens is 261 g/mol. The van der Waals surface area contributed by atoms with E-state index in [1.165, 1.54) is 23.4 Å². The molecule has 0 saturated heterocycles. The molecule has 0 bridgehead atoms. The Kier molecular flexibility index (Phi) is 3.22. The number of carboxylic acid groups (broad SMARTS) is 1. The van der Waals surface area contributed by atoms with Gasteiger partial charge in [-0.2, -0.15) is 5.10 Å². The van der Waals surface area contributed by atoms with Gasteiger partial charge in [0.15, 0.2) is 0 Å². The van der Waals surface area contributed by atoms with Crippen LogP contribution in [0.15, 0.2) is 30.9 Å². The molecule has 1 aromatic heterocycles. The van der Waals surface area contributed by atoms with Gasteiger partial charge in [-0.25, -0.2) is 14.1 Å². The molecule has 0 spiro atoms. The molecule has 1 heterocycles. The summed E-state index contributed by atoms with van der Waals surface area (Å²) in [7, 11) is 0. The minimum atomic E-state index is -0.845. The fourth-order valence-corrected chi connectivity index (χ4v) is 2.52. The maximum Gasteiger partial charge on any atom is 0.303 e. The minimum Gasteiger partial charge on any atom is -0.481 e. The SMILES string of the molecule is O=C(O)CC(c1ccc(-n2cncn2)c(F)c1)C1CC1. The van der Waals surface area contributed by atoms with Crippen LogP contribution >= 0.6 is 0 Å². The van der Waals surface area contributed by atoms with E-state index in [0.29, 0.717) is 11.6 Å². The van der Waals surface area contributed by atoms with E-state index in [1.54, 1.807) is 12.1 Å². The van der Waals surface area contributed by atoms with Gasteiger partial charge in [0.2, 0.25) is 0 Å². The van der Waals surface area contributed by atoms with Crippen molar-refractivity contribution in [3.63, 3.8) is 0 Å². The third-order valence-electron chi connectivity index (χ3n) is 3.65. The lowest BCUT2D eigenvalue weighted by Gasteiger charge is -2.15. The zero-order valence-corrected chi connectivity index (χ0v) is 10.7. The van der Waals surface area contributed by atoms with Gasteiger partial charge in [0.1, 0.15) is 24.2 Å². The lowest BCUT2D eigenvalue weighted by atomic mass is 9.91. The predicted octanol–water partition coefficient (Wildman–Crippen LogP) is 2.37. The quantitative estimate of drug-likeness (QED) is 0.909. The normalized spacial score (nSPS) is 16.1. The van der Waals surface area contributed by atoms with E-state index < -0.39 is 11.8 Å². The number of carbonyl (C=O) groups is 1. The summed E-state index contributed by atoms with van der Waals surface area (Å²) in [5, 5.41) is 12.9. The van der Waals surface area contributed by atoms with Gasteiger partial charge in [0.25, 0.3) is 0 Å². The van der Waals surface area contributed by atoms with Crippen molar-refractivity contribution in [2.24, 2.45) is 5.92 Å². The van der Waals surface area contributed by atoms with Gasteiger partial charge in [-0.15, -0.1) is 0 Å². The molecule has 1 aliphatic carbocycles. The Morgan fingerprint density at radius 1 is 1.50 bits per heavy atom. The Morgan fingerprint density at radius 2 is 2.30 bits per heavy atom. The molecule has 104 valence electrons. The van der Waals surface area contributed by atoms with E-state index in [-0.39, 0.29) is 12.3 Å². The van der Waals surface area contributed by atoms with Gasteiger partial charge in [0.05, 0.1) is 6.42 Å². The lowest BCUT2D eigenvalue weighted by Crippen LogP contribution is -2.09. The lowest BCUT2D eigenvalue weighted by molar-refractivity contribution is -0.137. The van der Waals surface area contributed by atoms with Crippen molar-refractivity contribution in [2.75, 3.05) is 0 Å². The van der Waals surface area contributed by atoms with Crippen molar-refractivity contribution >= 4 is 5.97 Å². The van der Waals surface area contributed by atoms with Crippen LogP contribution in [-0.4, -0.2) is 25.8 Å². The van der Waals surface area contributed by atoms with E-state index in [9.17, 15) is 9.18 Å². The summed E-state index contributed by atoms with van der Waals surface area (Å²) >= 11 is 0. The van der Waals surface area contributed by atoms with Crippen molar-refractivity contribution in [3.8, 4) is 5.69 Å². The van der Waals surface area contributed by atoms with E-state index in [1.807, 2.05) is 0 Å². The Labute approximate surface area is 115 Å². The first kappa shape index (κ1) is 12.8. The molecule has 20 heavy (non-hydrogen) atoms. The van der Waals surface area contributed by atoms with Crippen molar-refractivity contribution in [1.29, 1.82) is 0 Å². The summed E-state index contributed by atoms with van der Waals surface area (Å²) in [5.41, 5.74) is 1.06. The predicted molar refractivity (Wildman–Crippen MR) is 69.0 cm³/mol. The van der Waals surface area contributed by atoms with Gasteiger partial charge in [-0.05, 0) is 42.4 Å². The van der Waals surface area contributed by atoms with E-state index in [0.717, 1.165) is 18.4 Å². The molecule has 0 radical (unpaired) electrons. The van der Waals surface area contributed by atoms with E-state index in [2.05, 4.69) is 10.1 Å². The molecule has 5 nitrogen and oxygen atoms in total. The Balaban J connectivity index is 1.90. The van der Waals surface area contributed by atoms with Crippen LogP contribution in [0.3, 0.4) is 0 Å². The van der Waals surface area contributed by atoms with Crippen LogP contribution in [0.5, 0.6) is 0 Å². The topological polar surface area (TPSA) is 68.0 Å². The Hall–Kier alpha value is -2.24. The van der Waals surface area contributed by atoms with Gasteiger partial charge in [0, 0.05) is 0 Å². The molecule has 1 aliphatic rings. The van der Waals surface area contributed by atoms with Gasteiger partial charge in [-0.1, -0.05) is 6.07 Å². The molecule has 2 aromatic rings. The van der Waals surface area contributed by atoms with Crippen LogP contribution in [0.2, 0.25) is 0 Å². The summed E-state index contributed by atoms with van der Waals surface area (Å²) < 4.78 is 15.5. The fourth-order valence-electron chi connectivity index (χ4n) is 2.52. The number of aliphatic carboxylic acids is 1. The maximum atomic E-state index is 14.2. The molecule has 1 saturated carbocycles. The second kappa shape index (κ2) is 5.03. The summed E-state index contributed by atoms with van der Waals surface area (Å²) in [5.74, 6) is -0.999. The number of carboxylic acids is 1. The highest BCUT2D eigenvalue weighted by Crippen LogP contribution is 2.44. The first-order chi connectivity index (χ1) is 9.65. The number of hydrogen-bond donors (Lipinski definition) is 1. The monoisotopic (exact) mass is 275 g/mol. The second-order valence-electron chi connectivity index (χ2n) is 5.09. The number of nitrogens with zero attached hydrogens (tertiary/aromatic N) is 3. The van der Waals surface area contributed by atoms with Crippen LogP contribution in [0, 0.1) is 11.7 Å². The van der Waals surface area contributed by atoms with E-state index in [4.69, 9.17) is 5.11 Å².